The molecule has 0 bridgehead atoms. The number of benzene rings is 1. The minimum atomic E-state index is -0.346. The van der Waals surface area contributed by atoms with Crippen LogP contribution in [0.25, 0.3) is 11.8 Å². The molecule has 1 atom stereocenters. The second-order valence-electron chi connectivity index (χ2n) is 7.37. The molecule has 1 unspecified atom stereocenters. The van der Waals surface area contributed by atoms with E-state index in [1.54, 1.807) is 15.9 Å². The van der Waals surface area contributed by atoms with E-state index in [2.05, 4.69) is 5.10 Å². The molecule has 2 amide bonds. The van der Waals surface area contributed by atoms with Crippen molar-refractivity contribution in [3.8, 4) is 5.69 Å². The van der Waals surface area contributed by atoms with Gasteiger partial charge in [0.2, 0.25) is 11.8 Å². The highest BCUT2D eigenvalue weighted by molar-refractivity contribution is 5.96. The SMILES string of the molecule is CCN(CC)C(=O)C1CCCN1C(=O)/C=C/c1c(C)nn(-c2ccccc2)c1C. The van der Waals surface area contributed by atoms with E-state index in [9.17, 15) is 9.59 Å². The van der Waals surface area contributed by atoms with Crippen LogP contribution in [0.2, 0.25) is 0 Å². The maximum atomic E-state index is 12.9. The Kier molecular flexibility index (Phi) is 6.52. The lowest BCUT2D eigenvalue weighted by molar-refractivity contribution is -0.141. The fraction of sp³-hybridized carbons (Fsp3) is 0.435. The number of nitrogens with zero attached hydrogens (tertiary/aromatic N) is 4. The van der Waals surface area contributed by atoms with Crippen LogP contribution in [-0.2, 0) is 9.59 Å². The number of aryl methyl sites for hydroxylation is 1. The van der Waals surface area contributed by atoms with Gasteiger partial charge in [0.25, 0.3) is 0 Å². The Morgan fingerprint density at radius 1 is 1.17 bits per heavy atom. The minimum Gasteiger partial charge on any atom is -0.341 e. The van der Waals surface area contributed by atoms with E-state index in [4.69, 9.17) is 0 Å². The molecule has 1 aliphatic heterocycles. The first kappa shape index (κ1) is 20.8. The third kappa shape index (κ3) is 4.26. The maximum Gasteiger partial charge on any atom is 0.247 e. The summed E-state index contributed by atoms with van der Waals surface area (Å²) in [5.74, 6) is -0.0576. The maximum absolute atomic E-state index is 12.9. The summed E-state index contributed by atoms with van der Waals surface area (Å²) in [6, 6.07) is 9.59. The molecule has 0 N–H and O–H groups in total. The van der Waals surface area contributed by atoms with Crippen molar-refractivity contribution in [1.82, 2.24) is 19.6 Å². The summed E-state index contributed by atoms with van der Waals surface area (Å²) in [7, 11) is 0. The van der Waals surface area contributed by atoms with Crippen molar-refractivity contribution in [3.63, 3.8) is 0 Å². The lowest BCUT2D eigenvalue weighted by Crippen LogP contribution is -2.47. The van der Waals surface area contributed by atoms with Crippen LogP contribution in [0.5, 0.6) is 0 Å². The molecule has 0 spiro atoms. The van der Waals surface area contributed by atoms with Gasteiger partial charge in [-0.25, -0.2) is 4.68 Å². The summed E-state index contributed by atoms with van der Waals surface area (Å²) in [5.41, 5.74) is 3.78. The van der Waals surface area contributed by atoms with Gasteiger partial charge in [-0.3, -0.25) is 9.59 Å². The first-order valence-corrected chi connectivity index (χ1v) is 10.4. The number of aromatic nitrogens is 2. The Morgan fingerprint density at radius 3 is 2.52 bits per heavy atom. The average molecular weight is 395 g/mol. The first-order valence-electron chi connectivity index (χ1n) is 10.4. The zero-order valence-electron chi connectivity index (χ0n) is 17.8. The standard InChI is InChI=1S/C23H30N4O2/c1-5-25(6-2)23(29)21-13-10-16-26(21)22(28)15-14-20-17(3)24-27(18(20)4)19-11-8-7-9-12-19/h7-9,11-12,14-15,21H,5-6,10,13,16H2,1-4H3/b15-14+. The van der Waals surface area contributed by atoms with E-state index in [1.165, 1.54) is 0 Å². The van der Waals surface area contributed by atoms with Crippen molar-refractivity contribution in [2.24, 2.45) is 0 Å². The second-order valence-corrected chi connectivity index (χ2v) is 7.37. The summed E-state index contributed by atoms with van der Waals surface area (Å²) in [6.07, 6.45) is 5.01. The van der Waals surface area contributed by atoms with Gasteiger partial charge in [-0.1, -0.05) is 18.2 Å². The third-order valence-corrected chi connectivity index (χ3v) is 5.64. The van der Waals surface area contributed by atoms with E-state index in [0.717, 1.165) is 35.5 Å². The van der Waals surface area contributed by atoms with Gasteiger partial charge in [-0.15, -0.1) is 0 Å². The zero-order chi connectivity index (χ0) is 21.0. The van der Waals surface area contributed by atoms with Gasteiger partial charge in [0.05, 0.1) is 11.4 Å². The third-order valence-electron chi connectivity index (χ3n) is 5.64. The van der Waals surface area contributed by atoms with Crippen molar-refractivity contribution in [2.45, 2.75) is 46.6 Å². The van der Waals surface area contributed by atoms with Crippen LogP contribution in [-0.4, -0.2) is 57.1 Å². The Bertz CT molecular complexity index is 897. The van der Waals surface area contributed by atoms with Crippen molar-refractivity contribution >= 4 is 17.9 Å². The fourth-order valence-electron chi connectivity index (χ4n) is 4.00. The normalized spacial score (nSPS) is 16.6. The number of amides is 2. The molecule has 2 aromatic rings. The topological polar surface area (TPSA) is 58.4 Å². The summed E-state index contributed by atoms with van der Waals surface area (Å²) in [6.45, 7) is 9.85. The molecule has 0 radical (unpaired) electrons. The van der Waals surface area contributed by atoms with Gasteiger partial charge in [0, 0.05) is 37.0 Å². The fourth-order valence-corrected chi connectivity index (χ4v) is 4.00. The summed E-state index contributed by atoms with van der Waals surface area (Å²) in [5, 5.41) is 4.62. The van der Waals surface area contributed by atoms with Crippen molar-refractivity contribution < 1.29 is 9.59 Å². The lowest BCUT2D eigenvalue weighted by atomic mass is 10.1. The monoisotopic (exact) mass is 394 g/mol. The second kappa shape index (κ2) is 9.07. The molecule has 154 valence electrons. The van der Waals surface area contributed by atoms with Gasteiger partial charge >= 0.3 is 0 Å². The molecule has 6 nitrogen and oxygen atoms in total. The Morgan fingerprint density at radius 2 is 1.86 bits per heavy atom. The van der Waals surface area contributed by atoms with Crippen LogP contribution in [0.15, 0.2) is 36.4 Å². The zero-order valence-corrected chi connectivity index (χ0v) is 17.8. The molecule has 1 aliphatic rings. The number of hydrogen-bond donors (Lipinski definition) is 0. The molecule has 1 saturated heterocycles. The van der Waals surface area contributed by atoms with Gasteiger partial charge in [0.15, 0.2) is 0 Å². The van der Waals surface area contributed by atoms with Crippen molar-refractivity contribution in [3.05, 3.63) is 53.4 Å². The number of carbonyl (C=O) groups excluding carboxylic acids is 2. The van der Waals surface area contributed by atoms with Gasteiger partial charge in [-0.2, -0.15) is 5.10 Å². The summed E-state index contributed by atoms with van der Waals surface area (Å²) < 4.78 is 1.89. The number of likely N-dealkylation sites (N-methyl/N-ethyl adjacent to an activating group) is 1. The quantitative estimate of drug-likeness (QED) is 0.706. The Labute approximate surface area is 172 Å². The molecule has 6 heteroatoms. The number of carbonyl (C=O) groups is 2. The van der Waals surface area contributed by atoms with Crippen molar-refractivity contribution in [2.75, 3.05) is 19.6 Å². The predicted molar refractivity (Wildman–Crippen MR) is 115 cm³/mol. The van der Waals surface area contributed by atoms with E-state index in [1.807, 2.05) is 68.8 Å². The highest BCUT2D eigenvalue weighted by Gasteiger charge is 2.35. The highest BCUT2D eigenvalue weighted by Crippen LogP contribution is 2.22. The summed E-state index contributed by atoms with van der Waals surface area (Å²) in [4.78, 5) is 29.1. The molecule has 1 aromatic carbocycles. The van der Waals surface area contributed by atoms with Gasteiger partial charge in [-0.05, 0) is 58.7 Å². The highest BCUT2D eigenvalue weighted by atomic mass is 16.2. The predicted octanol–water partition coefficient (Wildman–Crippen LogP) is 3.36. The van der Waals surface area contributed by atoms with Crippen molar-refractivity contribution in [1.29, 1.82) is 0 Å². The molecule has 3 rings (SSSR count). The van der Waals surface area contributed by atoms with Crippen LogP contribution in [0.3, 0.4) is 0 Å². The summed E-state index contributed by atoms with van der Waals surface area (Å²) >= 11 is 0. The largest absolute Gasteiger partial charge is 0.341 e. The van der Waals surface area contributed by atoms with Gasteiger partial charge in [0.1, 0.15) is 6.04 Å². The van der Waals surface area contributed by atoms with Crippen LogP contribution >= 0.6 is 0 Å². The molecule has 0 aliphatic carbocycles. The molecular formula is C23H30N4O2. The van der Waals surface area contributed by atoms with E-state index in [-0.39, 0.29) is 17.9 Å². The molecular weight excluding hydrogens is 364 g/mol. The lowest BCUT2D eigenvalue weighted by Gasteiger charge is -2.28. The molecule has 2 heterocycles. The smallest absolute Gasteiger partial charge is 0.247 e. The van der Waals surface area contributed by atoms with Crippen LogP contribution in [0.4, 0.5) is 0 Å². The molecule has 29 heavy (non-hydrogen) atoms. The van der Waals surface area contributed by atoms with Crippen LogP contribution in [0, 0.1) is 13.8 Å². The number of hydrogen-bond acceptors (Lipinski definition) is 3. The Hall–Kier alpha value is -2.89. The molecule has 1 aromatic heterocycles. The Balaban J connectivity index is 1.79. The minimum absolute atomic E-state index is 0.0542. The van der Waals surface area contributed by atoms with Gasteiger partial charge < -0.3 is 9.80 Å². The first-order chi connectivity index (χ1) is 14.0. The number of likely N-dealkylation sites (tertiary alicyclic amines) is 1. The molecule has 1 fully saturated rings. The van der Waals surface area contributed by atoms with Crippen LogP contribution < -0.4 is 0 Å². The van der Waals surface area contributed by atoms with Crippen LogP contribution in [0.1, 0.15) is 43.6 Å². The number of rotatable bonds is 6. The molecule has 0 saturated carbocycles. The van der Waals surface area contributed by atoms with E-state index < -0.39 is 0 Å². The number of para-hydroxylation sites is 1. The average Bonchev–Trinajstić information content (AvgIpc) is 3.33. The van der Waals surface area contributed by atoms with E-state index >= 15 is 0 Å². The van der Waals surface area contributed by atoms with E-state index in [0.29, 0.717) is 19.6 Å².